The molecule has 2 unspecified atom stereocenters. The van der Waals surface area contributed by atoms with Gasteiger partial charge in [-0.25, -0.2) is 0 Å². The normalized spacial score (nSPS) is 23.3. The summed E-state index contributed by atoms with van der Waals surface area (Å²) in [6, 6.07) is 7.81. The van der Waals surface area contributed by atoms with Crippen molar-refractivity contribution in [3.63, 3.8) is 0 Å². The second kappa shape index (κ2) is 7.76. The van der Waals surface area contributed by atoms with Crippen LogP contribution in [0.15, 0.2) is 24.3 Å². The lowest BCUT2D eigenvalue weighted by Crippen LogP contribution is -2.24. The zero-order valence-electron chi connectivity index (χ0n) is 11.7. The first kappa shape index (κ1) is 14.7. The van der Waals surface area contributed by atoms with Crippen molar-refractivity contribution < 1.29 is 4.74 Å². The van der Waals surface area contributed by atoms with Crippen molar-refractivity contribution in [3.05, 3.63) is 29.3 Å². The average molecular weight is 282 g/mol. The van der Waals surface area contributed by atoms with Gasteiger partial charge >= 0.3 is 0 Å². The smallest absolute Gasteiger partial charge is 0.0642 e. The highest BCUT2D eigenvalue weighted by molar-refractivity contribution is 6.30. The molecule has 1 aromatic rings. The molecule has 0 amide bonds. The summed E-state index contributed by atoms with van der Waals surface area (Å²) in [5.74, 6) is 0.875. The molecule has 2 nitrogen and oxygen atoms in total. The number of halogens is 1. The Bertz CT molecular complexity index is 383. The Morgan fingerprint density at radius 1 is 1.37 bits per heavy atom. The van der Waals surface area contributed by atoms with Crippen LogP contribution in [0.2, 0.25) is 5.02 Å². The fourth-order valence-electron chi connectivity index (χ4n) is 2.78. The molecule has 106 valence electrons. The standard InChI is InChI=1S/C16H24ClNO/c1-2-13-5-3-8-16(11-13)19-10-9-18-15-7-4-6-14(17)12-15/h4,6-7,12-13,16,18H,2-3,5,8-11H2,1H3. The quantitative estimate of drug-likeness (QED) is 0.761. The van der Waals surface area contributed by atoms with E-state index in [-0.39, 0.29) is 0 Å². The van der Waals surface area contributed by atoms with Crippen molar-refractivity contribution in [2.24, 2.45) is 5.92 Å². The number of rotatable bonds is 6. The van der Waals surface area contributed by atoms with E-state index in [9.17, 15) is 0 Å². The van der Waals surface area contributed by atoms with Crippen LogP contribution in [0, 0.1) is 5.92 Å². The lowest BCUT2D eigenvalue weighted by Gasteiger charge is -2.28. The maximum absolute atomic E-state index is 5.97. The molecule has 3 heteroatoms. The molecular formula is C16H24ClNO. The summed E-state index contributed by atoms with van der Waals surface area (Å²) in [5.41, 5.74) is 1.06. The average Bonchev–Trinajstić information content (AvgIpc) is 2.44. The van der Waals surface area contributed by atoms with Crippen molar-refractivity contribution in [1.29, 1.82) is 0 Å². The molecule has 0 radical (unpaired) electrons. The summed E-state index contributed by atoms with van der Waals surface area (Å²) in [7, 11) is 0. The third-order valence-electron chi connectivity index (χ3n) is 3.92. The fourth-order valence-corrected chi connectivity index (χ4v) is 2.97. The van der Waals surface area contributed by atoms with Gasteiger partial charge in [0.05, 0.1) is 12.7 Å². The number of ether oxygens (including phenoxy) is 1. The Kier molecular flexibility index (Phi) is 5.99. The Morgan fingerprint density at radius 2 is 2.26 bits per heavy atom. The maximum Gasteiger partial charge on any atom is 0.0642 e. The van der Waals surface area contributed by atoms with Crippen molar-refractivity contribution in [2.45, 2.75) is 45.1 Å². The van der Waals surface area contributed by atoms with E-state index in [2.05, 4.69) is 12.2 Å². The van der Waals surface area contributed by atoms with Gasteiger partial charge in [0.15, 0.2) is 0 Å². The number of benzene rings is 1. The highest BCUT2D eigenvalue weighted by Crippen LogP contribution is 2.28. The minimum Gasteiger partial charge on any atom is -0.383 e. The molecule has 0 bridgehead atoms. The van der Waals surface area contributed by atoms with Gasteiger partial charge in [-0.2, -0.15) is 0 Å². The van der Waals surface area contributed by atoms with Crippen LogP contribution in [0.4, 0.5) is 5.69 Å². The summed E-state index contributed by atoms with van der Waals surface area (Å²) in [6.45, 7) is 3.90. The monoisotopic (exact) mass is 281 g/mol. The highest BCUT2D eigenvalue weighted by atomic mass is 35.5. The molecule has 1 aromatic carbocycles. The molecular weight excluding hydrogens is 258 g/mol. The summed E-state index contributed by atoms with van der Waals surface area (Å²) in [5, 5.41) is 4.11. The zero-order valence-corrected chi connectivity index (χ0v) is 12.5. The van der Waals surface area contributed by atoms with Crippen LogP contribution in [0.5, 0.6) is 0 Å². The first-order valence-electron chi connectivity index (χ1n) is 7.39. The number of anilines is 1. The van der Waals surface area contributed by atoms with E-state index in [1.165, 1.54) is 32.1 Å². The van der Waals surface area contributed by atoms with Crippen LogP contribution in [-0.2, 0) is 4.74 Å². The molecule has 1 N–H and O–H groups in total. The van der Waals surface area contributed by atoms with Crippen molar-refractivity contribution >= 4 is 17.3 Å². The van der Waals surface area contributed by atoms with Crippen LogP contribution < -0.4 is 5.32 Å². The van der Waals surface area contributed by atoms with Gasteiger partial charge in [0.1, 0.15) is 0 Å². The van der Waals surface area contributed by atoms with Crippen molar-refractivity contribution in [2.75, 3.05) is 18.5 Å². The SMILES string of the molecule is CCC1CCCC(OCCNc2cccc(Cl)c2)C1. The van der Waals surface area contributed by atoms with Crippen molar-refractivity contribution in [1.82, 2.24) is 0 Å². The van der Waals surface area contributed by atoms with Gasteiger partial charge in [0.25, 0.3) is 0 Å². The van der Waals surface area contributed by atoms with Gasteiger partial charge in [-0.3, -0.25) is 0 Å². The van der Waals surface area contributed by atoms with Gasteiger partial charge < -0.3 is 10.1 Å². The minimum atomic E-state index is 0.472. The van der Waals surface area contributed by atoms with Gasteiger partial charge in [-0.1, -0.05) is 43.9 Å². The minimum absolute atomic E-state index is 0.472. The van der Waals surface area contributed by atoms with Crippen LogP contribution >= 0.6 is 11.6 Å². The van der Waals surface area contributed by atoms with Gasteiger partial charge in [0, 0.05) is 17.3 Å². The van der Waals surface area contributed by atoms with E-state index in [0.717, 1.165) is 29.8 Å². The molecule has 19 heavy (non-hydrogen) atoms. The molecule has 0 aliphatic heterocycles. The van der Waals surface area contributed by atoms with E-state index in [1.54, 1.807) is 0 Å². The molecule has 0 heterocycles. The molecule has 1 aliphatic carbocycles. The Labute approximate surface area is 121 Å². The van der Waals surface area contributed by atoms with E-state index < -0.39 is 0 Å². The number of hydrogen-bond acceptors (Lipinski definition) is 2. The van der Waals surface area contributed by atoms with Gasteiger partial charge in [-0.05, 0) is 37.0 Å². The van der Waals surface area contributed by atoms with E-state index >= 15 is 0 Å². The molecule has 2 rings (SSSR count). The third-order valence-corrected chi connectivity index (χ3v) is 4.16. The Balaban J connectivity index is 1.64. The fraction of sp³-hybridized carbons (Fsp3) is 0.625. The van der Waals surface area contributed by atoms with Crippen LogP contribution in [0.25, 0.3) is 0 Å². The lowest BCUT2D eigenvalue weighted by molar-refractivity contribution is 0.0181. The Morgan fingerprint density at radius 3 is 3.05 bits per heavy atom. The van der Waals surface area contributed by atoms with Gasteiger partial charge in [0.2, 0.25) is 0 Å². The van der Waals surface area contributed by atoms with Gasteiger partial charge in [-0.15, -0.1) is 0 Å². The van der Waals surface area contributed by atoms with Crippen LogP contribution in [-0.4, -0.2) is 19.3 Å². The van der Waals surface area contributed by atoms with E-state index in [0.29, 0.717) is 6.10 Å². The van der Waals surface area contributed by atoms with Crippen LogP contribution in [0.1, 0.15) is 39.0 Å². The van der Waals surface area contributed by atoms with E-state index in [4.69, 9.17) is 16.3 Å². The second-order valence-electron chi connectivity index (χ2n) is 5.37. The highest BCUT2D eigenvalue weighted by Gasteiger charge is 2.20. The molecule has 0 saturated heterocycles. The first-order chi connectivity index (χ1) is 9.28. The largest absolute Gasteiger partial charge is 0.383 e. The summed E-state index contributed by atoms with van der Waals surface area (Å²) in [4.78, 5) is 0. The number of hydrogen-bond donors (Lipinski definition) is 1. The lowest BCUT2D eigenvalue weighted by atomic mass is 9.85. The Hall–Kier alpha value is -0.730. The molecule has 1 fully saturated rings. The molecule has 0 spiro atoms. The summed E-state index contributed by atoms with van der Waals surface area (Å²) in [6.07, 6.45) is 6.95. The number of nitrogens with one attached hydrogen (secondary N) is 1. The van der Waals surface area contributed by atoms with E-state index in [1.807, 2.05) is 24.3 Å². The molecule has 0 aromatic heterocycles. The molecule has 1 aliphatic rings. The second-order valence-corrected chi connectivity index (χ2v) is 5.81. The molecule has 1 saturated carbocycles. The summed E-state index contributed by atoms with van der Waals surface area (Å²) >= 11 is 5.94. The van der Waals surface area contributed by atoms with Crippen molar-refractivity contribution in [3.8, 4) is 0 Å². The van der Waals surface area contributed by atoms with Crippen LogP contribution in [0.3, 0.4) is 0 Å². The maximum atomic E-state index is 5.97. The molecule has 2 atom stereocenters. The first-order valence-corrected chi connectivity index (χ1v) is 7.76. The third kappa shape index (κ3) is 5.04. The topological polar surface area (TPSA) is 21.3 Å². The predicted molar refractivity (Wildman–Crippen MR) is 81.9 cm³/mol. The predicted octanol–water partition coefficient (Wildman–Crippen LogP) is 4.74. The zero-order chi connectivity index (χ0) is 13.5. The summed E-state index contributed by atoms with van der Waals surface area (Å²) < 4.78 is 5.97.